The summed E-state index contributed by atoms with van der Waals surface area (Å²) in [5, 5.41) is 33.0. The van der Waals surface area contributed by atoms with Gasteiger partial charge in [-0.1, -0.05) is 30.8 Å². The van der Waals surface area contributed by atoms with Crippen LogP contribution in [0.5, 0.6) is 0 Å². The number of carbonyl (C=O) groups excluding carboxylic acids is 1. The normalized spacial score (nSPS) is 22.7. The number of hydrogen-bond acceptors (Lipinski definition) is 10. The van der Waals surface area contributed by atoms with Crippen LogP contribution in [0.4, 0.5) is 5.69 Å². The number of hydrogen-bond donors (Lipinski definition) is 2. The number of rotatable bonds is 11. The van der Waals surface area contributed by atoms with Gasteiger partial charge in [-0.05, 0) is 50.7 Å². The number of nitro benzene ring substituents is 1. The Labute approximate surface area is 256 Å². The van der Waals surface area contributed by atoms with Crippen LogP contribution < -0.4 is 0 Å². The van der Waals surface area contributed by atoms with Crippen LogP contribution in [-0.2, 0) is 27.0 Å². The predicted molar refractivity (Wildman–Crippen MR) is 165 cm³/mol. The van der Waals surface area contributed by atoms with Crippen molar-refractivity contribution in [3.8, 4) is 10.6 Å². The fraction of sp³-hybridized carbons (Fsp3) is 0.393. The molecule has 10 nitrogen and oxygen atoms in total. The number of aliphatic hydroxyl groups is 1. The van der Waals surface area contributed by atoms with Crippen LogP contribution in [0.25, 0.3) is 10.6 Å². The van der Waals surface area contributed by atoms with E-state index in [-0.39, 0.29) is 23.9 Å². The molecule has 0 radical (unpaired) electrons. The number of nitro groups is 1. The third-order valence-corrected chi connectivity index (χ3v) is 12.0. The molecule has 0 unspecified atom stereocenters. The van der Waals surface area contributed by atoms with Crippen LogP contribution in [0.3, 0.4) is 0 Å². The summed E-state index contributed by atoms with van der Waals surface area (Å²) in [4.78, 5) is 45.6. The Bertz CT molecular complexity index is 1580. The molecule has 4 heterocycles. The molecule has 0 spiro atoms. The number of fused-ring (bicyclic) bond motifs is 1. The summed E-state index contributed by atoms with van der Waals surface area (Å²) in [6, 6.07) is 9.52. The van der Waals surface area contributed by atoms with Gasteiger partial charge in [0.05, 0.1) is 40.2 Å². The van der Waals surface area contributed by atoms with Crippen LogP contribution >= 0.6 is 34.4 Å². The number of β-lactam (4-membered cyclic amide) rings is 1. The number of amides is 1. The summed E-state index contributed by atoms with van der Waals surface area (Å²) < 4.78 is 6.97. The highest BCUT2D eigenvalue weighted by molar-refractivity contribution is 8.04. The third kappa shape index (κ3) is 5.58. The Morgan fingerprint density at radius 3 is 2.52 bits per heavy atom. The van der Waals surface area contributed by atoms with Gasteiger partial charge in [0, 0.05) is 32.7 Å². The van der Waals surface area contributed by atoms with Crippen molar-refractivity contribution in [2.45, 2.75) is 63.0 Å². The van der Waals surface area contributed by atoms with Gasteiger partial charge in [-0.25, -0.2) is 9.78 Å². The van der Waals surface area contributed by atoms with Crippen molar-refractivity contribution in [1.29, 1.82) is 0 Å². The molecule has 5 rings (SSSR count). The minimum absolute atomic E-state index is 0.0320. The van der Waals surface area contributed by atoms with Crippen LogP contribution in [0.2, 0.25) is 19.6 Å². The number of aliphatic carboxylic acids is 1. The van der Waals surface area contributed by atoms with Crippen molar-refractivity contribution in [2.75, 3.05) is 0 Å². The third-order valence-electron chi connectivity index (χ3n) is 7.48. The van der Waals surface area contributed by atoms with E-state index in [0.29, 0.717) is 15.7 Å². The van der Waals surface area contributed by atoms with Crippen molar-refractivity contribution < 1.29 is 29.2 Å². The summed E-state index contributed by atoms with van der Waals surface area (Å²) in [6.45, 7) is 9.94. The van der Waals surface area contributed by atoms with Gasteiger partial charge >= 0.3 is 5.97 Å². The van der Waals surface area contributed by atoms with Gasteiger partial charge < -0.3 is 19.5 Å². The average molecular weight is 646 g/mol. The maximum Gasteiger partial charge on any atom is 0.353 e. The molecule has 42 heavy (non-hydrogen) atoms. The fourth-order valence-electron chi connectivity index (χ4n) is 5.86. The van der Waals surface area contributed by atoms with E-state index in [0.717, 1.165) is 21.0 Å². The lowest BCUT2D eigenvalue weighted by atomic mass is 9.67. The molecule has 4 atom stereocenters. The number of carbonyl (C=O) groups is 2. The van der Waals surface area contributed by atoms with E-state index < -0.39 is 42.7 Å². The van der Waals surface area contributed by atoms with Gasteiger partial charge in [0.25, 0.3) is 5.69 Å². The minimum atomic E-state index is -2.02. The molecule has 2 aliphatic heterocycles. The molecule has 0 saturated carbocycles. The summed E-state index contributed by atoms with van der Waals surface area (Å²) in [5.41, 5.74) is 0.610. The van der Waals surface area contributed by atoms with E-state index in [1.165, 1.54) is 51.5 Å². The fourth-order valence-corrected chi connectivity index (χ4v) is 10.2. The molecule has 222 valence electrons. The second-order valence-electron chi connectivity index (χ2n) is 11.6. The van der Waals surface area contributed by atoms with Gasteiger partial charge in [-0.3, -0.25) is 14.9 Å². The minimum Gasteiger partial charge on any atom is -0.477 e. The zero-order valence-corrected chi connectivity index (χ0v) is 27.1. The lowest BCUT2D eigenvalue weighted by Crippen LogP contribution is -2.67. The van der Waals surface area contributed by atoms with Crippen LogP contribution in [0.15, 0.2) is 56.7 Å². The number of carboxylic acids is 1. The Kier molecular flexibility index (Phi) is 8.24. The quantitative estimate of drug-likeness (QED) is 0.111. The first-order valence-electron chi connectivity index (χ1n) is 13.3. The first-order valence-corrected chi connectivity index (χ1v) is 19.2. The zero-order chi connectivity index (χ0) is 30.6. The van der Waals surface area contributed by atoms with E-state index in [9.17, 15) is 29.9 Å². The summed E-state index contributed by atoms with van der Waals surface area (Å²) in [6.07, 6.45) is -0.0513. The number of thiophene rings is 1. The van der Waals surface area contributed by atoms with E-state index in [1.54, 1.807) is 12.1 Å². The molecule has 3 aromatic rings. The van der Waals surface area contributed by atoms with E-state index >= 15 is 0 Å². The van der Waals surface area contributed by atoms with Crippen molar-refractivity contribution in [1.82, 2.24) is 9.88 Å². The molecule has 0 aliphatic carbocycles. The molecule has 2 aliphatic rings. The first kappa shape index (κ1) is 30.6. The number of thioether (sulfide) groups is 1. The summed E-state index contributed by atoms with van der Waals surface area (Å²) in [5.74, 6) is -2.01. The lowest BCUT2D eigenvalue weighted by molar-refractivity contribution is -0.384. The van der Waals surface area contributed by atoms with Gasteiger partial charge in [0.2, 0.25) is 5.91 Å². The molecule has 0 bridgehead atoms. The second-order valence-corrected chi connectivity index (χ2v) is 19.4. The molecular weight excluding hydrogens is 615 g/mol. The highest BCUT2D eigenvalue weighted by atomic mass is 32.2. The predicted octanol–water partition coefficient (Wildman–Crippen LogP) is 5.99. The maximum absolute atomic E-state index is 13.6. The molecular formula is C28H31N3O7S3Si. The van der Waals surface area contributed by atoms with E-state index in [1.807, 2.05) is 31.4 Å². The van der Waals surface area contributed by atoms with Crippen molar-refractivity contribution in [3.63, 3.8) is 0 Å². The number of non-ortho nitro benzene ring substituents is 1. The number of aromatic nitrogens is 1. The second kappa shape index (κ2) is 11.3. The number of nitrogens with zero attached hydrogens (tertiary/aromatic N) is 3. The molecule has 14 heteroatoms. The average Bonchev–Trinajstić information content (AvgIpc) is 3.61. The maximum atomic E-state index is 13.6. The molecule has 2 aromatic heterocycles. The Morgan fingerprint density at radius 1 is 1.26 bits per heavy atom. The lowest BCUT2D eigenvalue weighted by Gasteiger charge is -2.52. The van der Waals surface area contributed by atoms with E-state index in [4.69, 9.17) is 9.41 Å². The monoisotopic (exact) mass is 645 g/mol. The van der Waals surface area contributed by atoms with E-state index in [2.05, 4.69) is 19.6 Å². The number of thiazole rings is 1. The number of carboxylic acid groups (broad SMARTS) is 1. The van der Waals surface area contributed by atoms with Crippen molar-refractivity contribution in [3.05, 3.63) is 72.9 Å². The topological polar surface area (TPSA) is 143 Å². The van der Waals surface area contributed by atoms with Crippen LogP contribution in [0, 0.1) is 21.4 Å². The van der Waals surface area contributed by atoms with Crippen molar-refractivity contribution >= 4 is 60.3 Å². The van der Waals surface area contributed by atoms with Gasteiger partial charge in [0.1, 0.15) is 5.70 Å². The standard InChI is InChI=1S/C28H31N3O7S3Si/c1-15(38-42(3,4)5)21-23-28(2,12-16-6-8-17(9-7-16)31(36)37)24(22(26(34)35)30(23)25(21)33)41-27-29-19(14-39-27)20-11-10-18(13-32)40-20/h6-11,14-15,21,23,32H,12-13H2,1-5H3,(H,34,35)/t15-,21-,23+,28-/m1/s1. The molecule has 1 amide bonds. The van der Waals surface area contributed by atoms with Gasteiger partial charge in [-0.2, -0.15) is 0 Å². The highest BCUT2D eigenvalue weighted by Gasteiger charge is 2.66. The highest BCUT2D eigenvalue weighted by Crippen LogP contribution is 2.60. The number of benzene rings is 1. The molecule has 2 N–H and O–H groups in total. The Morgan fingerprint density at radius 2 is 1.95 bits per heavy atom. The first-order chi connectivity index (χ1) is 19.7. The van der Waals surface area contributed by atoms with Crippen LogP contribution in [0.1, 0.15) is 24.3 Å². The number of aliphatic hydroxyl groups excluding tert-OH is 1. The van der Waals surface area contributed by atoms with Crippen LogP contribution in [-0.4, -0.2) is 57.4 Å². The smallest absolute Gasteiger partial charge is 0.353 e. The summed E-state index contributed by atoms with van der Waals surface area (Å²) >= 11 is 4.08. The SMILES string of the molecule is C[C@@H](O[Si](C)(C)C)[C@H]1C(=O)N2C(C(=O)O)=C(Sc3nc(-c4ccc(CO)s4)cs3)[C@](C)(Cc3ccc([N+](=O)[O-])cc3)[C@H]12. The van der Waals surface area contributed by atoms with Gasteiger partial charge in [0.15, 0.2) is 12.7 Å². The van der Waals surface area contributed by atoms with Gasteiger partial charge in [-0.15, -0.1) is 22.7 Å². The Balaban J connectivity index is 1.56. The Hall–Kier alpha value is -2.88. The molecule has 1 saturated heterocycles. The van der Waals surface area contributed by atoms with Crippen molar-refractivity contribution in [2.24, 2.45) is 11.3 Å². The summed E-state index contributed by atoms with van der Waals surface area (Å²) in [7, 11) is -2.02. The largest absolute Gasteiger partial charge is 0.477 e. The molecule has 1 aromatic carbocycles. The molecule has 1 fully saturated rings. The zero-order valence-electron chi connectivity index (χ0n) is 23.7.